The van der Waals surface area contributed by atoms with Crippen LogP contribution in [-0.2, 0) is 0 Å². The minimum absolute atomic E-state index is 0.177. The molecule has 0 bridgehead atoms. The molecular formula is C20H15N3O2S. The molecule has 2 aromatic heterocycles. The lowest BCUT2D eigenvalue weighted by Crippen LogP contribution is -2.11. The fourth-order valence-corrected chi connectivity index (χ4v) is 3.26. The van der Waals surface area contributed by atoms with Gasteiger partial charge < -0.3 is 9.84 Å². The van der Waals surface area contributed by atoms with E-state index in [0.717, 1.165) is 10.4 Å². The van der Waals surface area contributed by atoms with E-state index in [-0.39, 0.29) is 5.91 Å². The molecule has 0 spiro atoms. The number of aromatic nitrogens is 2. The second-order valence-electron chi connectivity index (χ2n) is 5.77. The number of anilines is 1. The van der Waals surface area contributed by atoms with Crippen molar-refractivity contribution in [3.05, 3.63) is 77.2 Å². The van der Waals surface area contributed by atoms with Crippen molar-refractivity contribution in [3.63, 3.8) is 0 Å². The highest BCUT2D eigenvalue weighted by molar-refractivity contribution is 7.14. The maximum atomic E-state index is 12.4. The zero-order chi connectivity index (χ0) is 17.9. The van der Waals surface area contributed by atoms with Crippen molar-refractivity contribution in [2.24, 2.45) is 0 Å². The zero-order valence-corrected chi connectivity index (χ0v) is 14.8. The van der Waals surface area contributed by atoms with Crippen molar-refractivity contribution >= 4 is 22.9 Å². The first-order valence-electron chi connectivity index (χ1n) is 8.06. The molecule has 0 aliphatic heterocycles. The van der Waals surface area contributed by atoms with Crippen LogP contribution in [0.1, 0.15) is 15.9 Å². The van der Waals surface area contributed by atoms with E-state index in [1.54, 1.807) is 12.1 Å². The Labute approximate surface area is 154 Å². The molecule has 5 nitrogen and oxygen atoms in total. The Bertz CT molecular complexity index is 1040. The summed E-state index contributed by atoms with van der Waals surface area (Å²) in [5.74, 6) is 0.733. The van der Waals surface area contributed by atoms with Gasteiger partial charge in [-0.05, 0) is 30.5 Å². The normalized spacial score (nSPS) is 10.7. The summed E-state index contributed by atoms with van der Waals surface area (Å²) in [6.07, 6.45) is 0. The molecule has 0 saturated heterocycles. The number of carbonyl (C=O) groups is 1. The smallest absolute Gasteiger partial charge is 0.270 e. The van der Waals surface area contributed by atoms with Crippen LogP contribution in [0.2, 0.25) is 0 Å². The van der Waals surface area contributed by atoms with Crippen LogP contribution in [-0.4, -0.2) is 16.0 Å². The lowest BCUT2D eigenvalue weighted by Gasteiger charge is -2.04. The summed E-state index contributed by atoms with van der Waals surface area (Å²) in [4.78, 5) is 17.6. The highest BCUT2D eigenvalue weighted by Crippen LogP contribution is 2.34. The average molecular weight is 361 g/mol. The Hall–Kier alpha value is -3.25. The largest absolute Gasteiger partial charge is 0.333 e. The van der Waals surface area contributed by atoms with Crippen molar-refractivity contribution < 1.29 is 9.32 Å². The highest BCUT2D eigenvalue weighted by Gasteiger charge is 2.17. The van der Waals surface area contributed by atoms with Crippen LogP contribution in [0.3, 0.4) is 0 Å². The summed E-state index contributed by atoms with van der Waals surface area (Å²) in [5.41, 5.74) is 3.30. The first kappa shape index (κ1) is 16.2. The third-order valence-electron chi connectivity index (χ3n) is 3.88. The third-order valence-corrected chi connectivity index (χ3v) is 4.78. The molecular weight excluding hydrogens is 346 g/mol. The lowest BCUT2D eigenvalue weighted by atomic mass is 10.1. The van der Waals surface area contributed by atoms with Crippen LogP contribution >= 0.6 is 11.3 Å². The topological polar surface area (TPSA) is 68.0 Å². The summed E-state index contributed by atoms with van der Waals surface area (Å²) >= 11 is 1.44. The van der Waals surface area contributed by atoms with Crippen molar-refractivity contribution in [1.82, 2.24) is 10.1 Å². The molecule has 0 unspecified atom stereocenters. The van der Waals surface area contributed by atoms with E-state index >= 15 is 0 Å². The Morgan fingerprint density at radius 2 is 1.81 bits per heavy atom. The van der Waals surface area contributed by atoms with Crippen LogP contribution in [0.5, 0.6) is 0 Å². The van der Waals surface area contributed by atoms with E-state index < -0.39 is 0 Å². The van der Waals surface area contributed by atoms with E-state index in [2.05, 4.69) is 15.5 Å². The first-order chi connectivity index (χ1) is 12.7. The molecule has 0 radical (unpaired) electrons. The fraction of sp³-hybridized carbons (Fsp3) is 0.0500. The van der Waals surface area contributed by atoms with Crippen LogP contribution in [0.4, 0.5) is 5.69 Å². The zero-order valence-electron chi connectivity index (χ0n) is 14.0. The average Bonchev–Trinajstić information content (AvgIpc) is 3.32. The minimum Gasteiger partial charge on any atom is -0.333 e. The molecule has 0 saturated carbocycles. The number of nitrogens with zero attached hydrogens (tertiary/aromatic N) is 2. The molecule has 0 fully saturated rings. The van der Waals surface area contributed by atoms with Crippen molar-refractivity contribution in [2.75, 3.05) is 5.32 Å². The van der Waals surface area contributed by atoms with Crippen LogP contribution in [0.25, 0.3) is 22.2 Å². The number of nitrogens with one attached hydrogen (secondary N) is 1. The number of thiophene rings is 1. The van der Waals surface area contributed by atoms with E-state index in [9.17, 15) is 4.79 Å². The van der Waals surface area contributed by atoms with Gasteiger partial charge >= 0.3 is 0 Å². The van der Waals surface area contributed by atoms with Gasteiger partial charge in [-0.1, -0.05) is 53.2 Å². The molecule has 0 atom stereocenters. The molecule has 0 aliphatic carbocycles. The number of benzene rings is 2. The summed E-state index contributed by atoms with van der Waals surface area (Å²) in [6, 6.07) is 18.8. The van der Waals surface area contributed by atoms with Gasteiger partial charge in [0.2, 0.25) is 5.82 Å². The first-order valence-corrected chi connectivity index (χ1v) is 8.94. The summed E-state index contributed by atoms with van der Waals surface area (Å²) in [7, 11) is 0. The van der Waals surface area contributed by atoms with Crippen molar-refractivity contribution in [2.45, 2.75) is 6.92 Å². The molecule has 2 aromatic carbocycles. The van der Waals surface area contributed by atoms with Gasteiger partial charge in [-0.2, -0.15) is 4.98 Å². The Morgan fingerprint density at radius 3 is 2.58 bits per heavy atom. The van der Waals surface area contributed by atoms with Gasteiger partial charge in [0.25, 0.3) is 11.8 Å². The number of carbonyl (C=O) groups excluding carboxylic acids is 1. The molecule has 2 heterocycles. The van der Waals surface area contributed by atoms with Gasteiger partial charge in [0, 0.05) is 11.1 Å². The van der Waals surface area contributed by atoms with E-state index in [1.807, 2.05) is 60.8 Å². The van der Waals surface area contributed by atoms with E-state index in [0.29, 0.717) is 23.0 Å². The molecule has 6 heteroatoms. The SMILES string of the molecule is Cc1ccc(-c2noc(-c3sccc3NC(=O)c3ccccc3)n2)cc1. The van der Waals surface area contributed by atoms with Gasteiger partial charge in [-0.3, -0.25) is 4.79 Å². The minimum atomic E-state index is -0.177. The fourth-order valence-electron chi connectivity index (χ4n) is 2.49. The number of rotatable bonds is 4. The molecule has 1 amide bonds. The molecule has 4 aromatic rings. The lowest BCUT2D eigenvalue weighted by molar-refractivity contribution is 0.102. The Balaban J connectivity index is 1.59. The van der Waals surface area contributed by atoms with Gasteiger partial charge in [0.15, 0.2) is 0 Å². The van der Waals surface area contributed by atoms with E-state index in [4.69, 9.17) is 4.52 Å². The van der Waals surface area contributed by atoms with Crippen LogP contribution in [0, 0.1) is 6.92 Å². The standard InChI is InChI=1S/C20H15N3O2S/c1-13-7-9-14(10-8-13)18-22-20(25-23-18)17-16(11-12-26-17)21-19(24)15-5-3-2-4-6-15/h2-12H,1H3,(H,21,24). The number of hydrogen-bond acceptors (Lipinski definition) is 5. The molecule has 4 rings (SSSR count). The molecule has 1 N–H and O–H groups in total. The molecule has 0 aliphatic rings. The maximum Gasteiger partial charge on any atom is 0.270 e. The summed E-state index contributed by atoms with van der Waals surface area (Å²) in [6.45, 7) is 2.03. The predicted molar refractivity (Wildman–Crippen MR) is 102 cm³/mol. The number of hydrogen-bond donors (Lipinski definition) is 1. The Morgan fingerprint density at radius 1 is 1.04 bits per heavy atom. The third kappa shape index (κ3) is 3.27. The second kappa shape index (κ2) is 6.93. The monoisotopic (exact) mass is 361 g/mol. The van der Waals surface area contributed by atoms with Crippen LogP contribution in [0.15, 0.2) is 70.6 Å². The van der Waals surface area contributed by atoms with Crippen molar-refractivity contribution in [1.29, 1.82) is 0 Å². The predicted octanol–water partition coefficient (Wildman–Crippen LogP) is 5.03. The maximum absolute atomic E-state index is 12.4. The molecule has 26 heavy (non-hydrogen) atoms. The van der Waals surface area contributed by atoms with Gasteiger partial charge in [-0.25, -0.2) is 0 Å². The highest BCUT2D eigenvalue weighted by atomic mass is 32.1. The number of aryl methyl sites for hydroxylation is 1. The van der Waals surface area contributed by atoms with Crippen LogP contribution < -0.4 is 5.32 Å². The van der Waals surface area contributed by atoms with E-state index in [1.165, 1.54) is 16.9 Å². The quantitative estimate of drug-likeness (QED) is 0.554. The Kier molecular flexibility index (Phi) is 4.33. The summed E-state index contributed by atoms with van der Waals surface area (Å²) in [5, 5.41) is 8.84. The van der Waals surface area contributed by atoms with Crippen molar-refractivity contribution in [3.8, 4) is 22.2 Å². The van der Waals surface area contributed by atoms with Gasteiger partial charge in [0.05, 0.1) is 5.69 Å². The number of amides is 1. The van der Waals surface area contributed by atoms with Gasteiger partial charge in [-0.15, -0.1) is 11.3 Å². The molecule has 128 valence electrons. The summed E-state index contributed by atoms with van der Waals surface area (Å²) < 4.78 is 5.42. The van der Waals surface area contributed by atoms with Gasteiger partial charge in [0.1, 0.15) is 4.88 Å². The second-order valence-corrected chi connectivity index (χ2v) is 6.69.